The van der Waals surface area contributed by atoms with Gasteiger partial charge in [-0.25, -0.2) is 0 Å². The summed E-state index contributed by atoms with van der Waals surface area (Å²) in [7, 11) is 1.30. The van der Waals surface area contributed by atoms with Crippen LogP contribution in [0, 0.1) is 12.3 Å². The van der Waals surface area contributed by atoms with Crippen LogP contribution in [0.3, 0.4) is 0 Å². The van der Waals surface area contributed by atoms with E-state index in [2.05, 4.69) is 16.0 Å². The van der Waals surface area contributed by atoms with Gasteiger partial charge in [-0.2, -0.15) is 0 Å². The third kappa shape index (κ3) is 2.96. The number of rotatable bonds is 3. The zero-order chi connectivity index (χ0) is 11.3. The van der Waals surface area contributed by atoms with E-state index in [1.165, 1.54) is 7.11 Å². The van der Waals surface area contributed by atoms with Crippen molar-refractivity contribution in [3.8, 4) is 12.3 Å². The van der Waals surface area contributed by atoms with E-state index in [1.54, 1.807) is 4.90 Å². The Labute approximate surface area is 88.8 Å². The summed E-state index contributed by atoms with van der Waals surface area (Å²) in [5.41, 5.74) is 0. The molecule has 15 heavy (non-hydrogen) atoms. The van der Waals surface area contributed by atoms with Gasteiger partial charge in [0, 0.05) is 13.1 Å². The minimum absolute atomic E-state index is 0.0456. The van der Waals surface area contributed by atoms with Crippen LogP contribution in [-0.4, -0.2) is 49.6 Å². The second kappa shape index (κ2) is 5.37. The normalized spacial score (nSPS) is 21.6. The van der Waals surface area contributed by atoms with Crippen LogP contribution in [0.4, 0.5) is 0 Å². The molecule has 1 aliphatic heterocycles. The molecule has 0 bridgehead atoms. The number of methoxy groups -OCH3 is 1. The van der Waals surface area contributed by atoms with Crippen molar-refractivity contribution in [2.75, 3.05) is 26.7 Å². The zero-order valence-electron chi connectivity index (χ0n) is 8.66. The van der Waals surface area contributed by atoms with Crippen molar-refractivity contribution in [2.45, 2.75) is 12.5 Å². The van der Waals surface area contributed by atoms with Gasteiger partial charge in [0.1, 0.15) is 6.04 Å². The van der Waals surface area contributed by atoms with Crippen LogP contribution >= 0.6 is 0 Å². The number of esters is 1. The fourth-order valence-electron chi connectivity index (χ4n) is 1.53. The van der Waals surface area contributed by atoms with Gasteiger partial charge in [0.25, 0.3) is 0 Å². The number of nitrogens with zero attached hydrogens (tertiary/aromatic N) is 1. The van der Waals surface area contributed by atoms with Gasteiger partial charge < -0.3 is 10.1 Å². The Hall–Kier alpha value is -1.54. The number of ether oxygens (including phenoxy) is 1. The monoisotopic (exact) mass is 210 g/mol. The van der Waals surface area contributed by atoms with E-state index >= 15 is 0 Å². The Bertz CT molecular complexity index is 296. The summed E-state index contributed by atoms with van der Waals surface area (Å²) < 4.78 is 4.53. The third-order valence-corrected chi connectivity index (χ3v) is 2.32. The molecule has 0 saturated carbocycles. The van der Waals surface area contributed by atoms with Gasteiger partial charge in [0.05, 0.1) is 20.1 Å². The fraction of sp³-hybridized carbons (Fsp3) is 0.600. The fourth-order valence-corrected chi connectivity index (χ4v) is 1.53. The molecule has 1 atom stereocenters. The van der Waals surface area contributed by atoms with Gasteiger partial charge in [-0.3, -0.25) is 14.5 Å². The number of hydrogen-bond donors (Lipinski definition) is 1. The Morgan fingerprint density at radius 3 is 3.13 bits per heavy atom. The lowest BCUT2D eigenvalue weighted by atomic mass is 10.1. The standard InChI is InChI=1S/C10H14N2O3/c1-3-5-12-6-4-11-10(14)8(12)7-9(13)15-2/h1,8H,4-7H2,2H3,(H,11,14). The largest absolute Gasteiger partial charge is 0.469 e. The SMILES string of the molecule is C#CCN1CCNC(=O)C1CC(=O)OC. The number of hydrogen-bond acceptors (Lipinski definition) is 4. The van der Waals surface area contributed by atoms with E-state index in [9.17, 15) is 9.59 Å². The summed E-state index contributed by atoms with van der Waals surface area (Å²) in [6, 6.07) is -0.498. The van der Waals surface area contributed by atoms with Crippen molar-refractivity contribution in [1.82, 2.24) is 10.2 Å². The third-order valence-electron chi connectivity index (χ3n) is 2.32. The van der Waals surface area contributed by atoms with Crippen molar-refractivity contribution in [1.29, 1.82) is 0 Å². The lowest BCUT2D eigenvalue weighted by Crippen LogP contribution is -2.55. The molecule has 0 aliphatic carbocycles. The molecule has 0 aromatic rings. The van der Waals surface area contributed by atoms with E-state index in [1.807, 2.05) is 0 Å². The van der Waals surface area contributed by atoms with E-state index in [0.29, 0.717) is 19.6 Å². The summed E-state index contributed by atoms with van der Waals surface area (Å²) in [5, 5.41) is 2.69. The van der Waals surface area contributed by atoms with Crippen molar-refractivity contribution < 1.29 is 14.3 Å². The van der Waals surface area contributed by atoms with Crippen molar-refractivity contribution in [3.05, 3.63) is 0 Å². The molecule has 0 aromatic heterocycles. The zero-order valence-corrected chi connectivity index (χ0v) is 8.66. The van der Waals surface area contributed by atoms with Crippen LogP contribution in [0.15, 0.2) is 0 Å². The molecule has 1 aliphatic rings. The Kier molecular flexibility index (Phi) is 4.13. The second-order valence-electron chi connectivity index (χ2n) is 3.26. The molecule has 1 unspecified atom stereocenters. The van der Waals surface area contributed by atoms with Crippen LogP contribution in [0.1, 0.15) is 6.42 Å². The number of carbonyl (C=O) groups is 2. The molecule has 82 valence electrons. The van der Waals surface area contributed by atoms with Crippen molar-refractivity contribution >= 4 is 11.9 Å². The lowest BCUT2D eigenvalue weighted by Gasteiger charge is -2.32. The topological polar surface area (TPSA) is 58.6 Å². The van der Waals surface area contributed by atoms with E-state index in [-0.39, 0.29) is 12.3 Å². The number of carbonyl (C=O) groups excluding carboxylic acids is 2. The first-order valence-electron chi connectivity index (χ1n) is 4.71. The summed E-state index contributed by atoms with van der Waals surface area (Å²) in [5.74, 6) is 1.90. The molecule has 1 heterocycles. The Morgan fingerprint density at radius 1 is 1.80 bits per heavy atom. The number of nitrogens with one attached hydrogen (secondary N) is 1. The van der Waals surface area contributed by atoms with Gasteiger partial charge >= 0.3 is 5.97 Å². The van der Waals surface area contributed by atoms with Gasteiger partial charge in [0.2, 0.25) is 5.91 Å². The molecular formula is C10H14N2O3. The molecule has 0 spiro atoms. The van der Waals surface area contributed by atoms with Crippen LogP contribution in [0.25, 0.3) is 0 Å². The molecule has 1 amide bonds. The smallest absolute Gasteiger partial charge is 0.307 e. The van der Waals surface area contributed by atoms with Crippen molar-refractivity contribution in [3.63, 3.8) is 0 Å². The Balaban J connectivity index is 2.64. The second-order valence-corrected chi connectivity index (χ2v) is 3.26. The highest BCUT2D eigenvalue weighted by Gasteiger charge is 2.31. The van der Waals surface area contributed by atoms with Crippen LogP contribution < -0.4 is 5.32 Å². The maximum atomic E-state index is 11.5. The summed E-state index contributed by atoms with van der Waals surface area (Å²) >= 11 is 0. The Morgan fingerprint density at radius 2 is 2.53 bits per heavy atom. The number of amides is 1. The molecular weight excluding hydrogens is 196 g/mol. The van der Waals surface area contributed by atoms with Crippen LogP contribution in [-0.2, 0) is 14.3 Å². The summed E-state index contributed by atoms with van der Waals surface area (Å²) in [6.07, 6.45) is 5.24. The van der Waals surface area contributed by atoms with Crippen LogP contribution in [0.2, 0.25) is 0 Å². The quantitative estimate of drug-likeness (QED) is 0.478. The van der Waals surface area contributed by atoms with Gasteiger partial charge in [0.15, 0.2) is 0 Å². The number of terminal acetylenes is 1. The highest BCUT2D eigenvalue weighted by molar-refractivity contribution is 5.87. The van der Waals surface area contributed by atoms with Gasteiger partial charge in [-0.05, 0) is 0 Å². The molecule has 5 heteroatoms. The van der Waals surface area contributed by atoms with E-state index in [0.717, 1.165) is 0 Å². The highest BCUT2D eigenvalue weighted by Crippen LogP contribution is 2.08. The molecule has 0 aromatic carbocycles. The number of piperazine rings is 1. The first-order chi connectivity index (χ1) is 7.19. The van der Waals surface area contributed by atoms with Crippen LogP contribution in [0.5, 0.6) is 0 Å². The van der Waals surface area contributed by atoms with E-state index < -0.39 is 12.0 Å². The first-order valence-corrected chi connectivity index (χ1v) is 4.71. The molecule has 1 fully saturated rings. The maximum absolute atomic E-state index is 11.5. The van der Waals surface area contributed by atoms with Crippen molar-refractivity contribution in [2.24, 2.45) is 0 Å². The van der Waals surface area contributed by atoms with E-state index in [4.69, 9.17) is 6.42 Å². The summed E-state index contributed by atoms with van der Waals surface area (Å²) in [6.45, 7) is 1.60. The highest BCUT2D eigenvalue weighted by atomic mass is 16.5. The van der Waals surface area contributed by atoms with Gasteiger partial charge in [-0.1, -0.05) is 5.92 Å². The predicted molar refractivity (Wildman–Crippen MR) is 53.8 cm³/mol. The molecule has 0 radical (unpaired) electrons. The molecule has 1 N–H and O–H groups in total. The first kappa shape index (κ1) is 11.5. The minimum Gasteiger partial charge on any atom is -0.469 e. The molecule has 5 nitrogen and oxygen atoms in total. The molecule has 1 saturated heterocycles. The maximum Gasteiger partial charge on any atom is 0.307 e. The average Bonchev–Trinajstić information content (AvgIpc) is 2.23. The lowest BCUT2D eigenvalue weighted by molar-refractivity contribution is -0.145. The molecule has 1 rings (SSSR count). The van der Waals surface area contributed by atoms with Gasteiger partial charge in [-0.15, -0.1) is 6.42 Å². The average molecular weight is 210 g/mol. The minimum atomic E-state index is -0.498. The summed E-state index contributed by atoms with van der Waals surface area (Å²) in [4.78, 5) is 24.4. The predicted octanol–water partition coefficient (Wildman–Crippen LogP) is -1.02.